The number of nitrogens with two attached hydrogens (primary N) is 1. The van der Waals surface area contributed by atoms with Gasteiger partial charge in [0.05, 0.1) is 26.2 Å². The van der Waals surface area contributed by atoms with E-state index in [1.165, 1.54) is 18.2 Å². The van der Waals surface area contributed by atoms with Gasteiger partial charge in [0.15, 0.2) is 0 Å². The minimum atomic E-state index is -3.69. The predicted molar refractivity (Wildman–Crippen MR) is 96.1 cm³/mol. The van der Waals surface area contributed by atoms with Crippen molar-refractivity contribution in [1.82, 2.24) is 0 Å². The largest absolute Gasteiger partial charge is 0.397 e. The van der Waals surface area contributed by atoms with Crippen LogP contribution in [0.1, 0.15) is 19.4 Å². The lowest BCUT2D eigenvalue weighted by atomic mass is 10.2. The zero-order valence-corrected chi connectivity index (χ0v) is 15.1. The molecule has 0 aliphatic rings. The molecule has 0 saturated carbocycles. The van der Waals surface area contributed by atoms with Gasteiger partial charge in [-0.3, -0.25) is 0 Å². The molecule has 23 heavy (non-hydrogen) atoms. The molecule has 0 saturated heterocycles. The number of hydrogen-bond acceptors (Lipinski definition) is 4. The van der Waals surface area contributed by atoms with Crippen molar-refractivity contribution in [1.29, 1.82) is 0 Å². The second-order valence-electron chi connectivity index (χ2n) is 5.28. The van der Waals surface area contributed by atoms with Crippen LogP contribution >= 0.6 is 11.6 Å². The molecule has 2 aromatic carbocycles. The van der Waals surface area contributed by atoms with Gasteiger partial charge >= 0.3 is 0 Å². The van der Waals surface area contributed by atoms with Gasteiger partial charge in [-0.1, -0.05) is 23.7 Å². The van der Waals surface area contributed by atoms with Gasteiger partial charge in [-0.05, 0) is 50.6 Å². The minimum absolute atomic E-state index is 0.155. The summed E-state index contributed by atoms with van der Waals surface area (Å²) in [5.74, 6) is 0. The fourth-order valence-corrected chi connectivity index (χ4v) is 4.45. The molecule has 0 radical (unpaired) electrons. The van der Waals surface area contributed by atoms with Gasteiger partial charge in [0.25, 0.3) is 0 Å². The molecule has 0 unspecified atom stereocenters. The Balaban J connectivity index is 2.71. The number of hydrogen-bond donors (Lipinski definition) is 1. The topological polar surface area (TPSA) is 63.4 Å². The lowest BCUT2D eigenvalue weighted by Gasteiger charge is -2.25. The van der Waals surface area contributed by atoms with Crippen LogP contribution in [0.5, 0.6) is 0 Å². The van der Waals surface area contributed by atoms with Crippen molar-refractivity contribution in [3.05, 3.63) is 47.0 Å². The summed E-state index contributed by atoms with van der Waals surface area (Å²) in [6.07, 6.45) is 0. The molecule has 0 bridgehead atoms. The van der Waals surface area contributed by atoms with Crippen molar-refractivity contribution < 1.29 is 8.42 Å². The van der Waals surface area contributed by atoms with E-state index in [2.05, 4.69) is 0 Å². The molecule has 0 amide bonds. The van der Waals surface area contributed by atoms with Crippen molar-refractivity contribution >= 4 is 32.8 Å². The predicted octanol–water partition coefficient (Wildman–Crippen LogP) is 3.91. The highest BCUT2D eigenvalue weighted by molar-refractivity contribution is 7.91. The Morgan fingerprint density at radius 2 is 1.78 bits per heavy atom. The van der Waals surface area contributed by atoms with Crippen molar-refractivity contribution in [2.24, 2.45) is 0 Å². The minimum Gasteiger partial charge on any atom is -0.397 e. The van der Waals surface area contributed by atoms with Gasteiger partial charge in [0.1, 0.15) is 0 Å². The smallest absolute Gasteiger partial charge is 0.208 e. The lowest BCUT2D eigenvalue weighted by Crippen LogP contribution is -2.24. The first-order valence-electron chi connectivity index (χ1n) is 7.47. The highest BCUT2D eigenvalue weighted by atomic mass is 35.5. The van der Waals surface area contributed by atoms with Crippen LogP contribution in [-0.2, 0) is 9.84 Å². The summed E-state index contributed by atoms with van der Waals surface area (Å²) >= 11 is 5.91. The molecule has 0 fully saturated rings. The van der Waals surface area contributed by atoms with Crippen molar-refractivity contribution in [2.75, 3.05) is 23.7 Å². The van der Waals surface area contributed by atoms with E-state index in [4.69, 9.17) is 17.3 Å². The zero-order chi connectivity index (χ0) is 17.2. The molecule has 124 valence electrons. The summed E-state index contributed by atoms with van der Waals surface area (Å²) in [6, 6.07) is 9.94. The van der Waals surface area contributed by atoms with E-state index >= 15 is 0 Å². The molecule has 2 rings (SSSR count). The number of halogens is 1. The van der Waals surface area contributed by atoms with Crippen molar-refractivity contribution in [3.63, 3.8) is 0 Å². The molecule has 0 spiro atoms. The molecule has 0 aliphatic carbocycles. The molecular formula is C17H21ClN2O2S. The number of sulfone groups is 1. The first-order valence-corrected chi connectivity index (χ1v) is 9.33. The average Bonchev–Trinajstić information content (AvgIpc) is 2.51. The van der Waals surface area contributed by atoms with E-state index in [9.17, 15) is 8.42 Å². The number of nitrogen functional groups attached to an aromatic ring is 1. The second kappa shape index (κ2) is 6.81. The molecule has 0 aliphatic heterocycles. The first-order chi connectivity index (χ1) is 10.8. The standard InChI is InChI=1S/C17H21ClN2O2S/c1-4-20(5-2)16-8-6-7-12(3)17(16)23(21,22)13-9-10-14(18)15(19)11-13/h6-11H,4-5,19H2,1-3H3. The molecule has 2 aromatic rings. The number of aryl methyl sites for hydroxylation is 1. The zero-order valence-electron chi connectivity index (χ0n) is 13.5. The van der Waals surface area contributed by atoms with Crippen LogP contribution in [-0.4, -0.2) is 21.5 Å². The average molecular weight is 353 g/mol. The van der Waals surface area contributed by atoms with E-state index in [-0.39, 0.29) is 10.6 Å². The Morgan fingerprint density at radius 3 is 2.35 bits per heavy atom. The summed E-state index contributed by atoms with van der Waals surface area (Å²) in [4.78, 5) is 2.51. The molecule has 0 atom stereocenters. The van der Waals surface area contributed by atoms with Gasteiger partial charge in [0.2, 0.25) is 9.84 Å². The van der Waals surface area contributed by atoms with Crippen LogP contribution in [0.25, 0.3) is 0 Å². The number of nitrogens with zero attached hydrogens (tertiary/aromatic N) is 1. The van der Waals surface area contributed by atoms with E-state index in [0.717, 1.165) is 13.1 Å². The maximum absolute atomic E-state index is 13.1. The molecule has 0 heterocycles. The van der Waals surface area contributed by atoms with Gasteiger partial charge in [-0.2, -0.15) is 0 Å². The highest BCUT2D eigenvalue weighted by Crippen LogP contribution is 2.34. The van der Waals surface area contributed by atoms with Gasteiger partial charge in [-0.25, -0.2) is 8.42 Å². The van der Waals surface area contributed by atoms with Crippen LogP contribution in [0.15, 0.2) is 46.2 Å². The summed E-state index contributed by atoms with van der Waals surface area (Å²) in [5, 5.41) is 0.345. The van der Waals surface area contributed by atoms with Crippen LogP contribution < -0.4 is 10.6 Å². The van der Waals surface area contributed by atoms with Crippen LogP contribution in [0.2, 0.25) is 5.02 Å². The molecular weight excluding hydrogens is 332 g/mol. The van der Waals surface area contributed by atoms with E-state index < -0.39 is 9.84 Å². The molecule has 0 aromatic heterocycles. The fourth-order valence-electron chi connectivity index (χ4n) is 2.61. The quantitative estimate of drug-likeness (QED) is 0.828. The number of anilines is 2. The Hall–Kier alpha value is -1.72. The number of benzene rings is 2. The van der Waals surface area contributed by atoms with Crippen molar-refractivity contribution in [3.8, 4) is 0 Å². The number of rotatable bonds is 5. The fraction of sp³-hybridized carbons (Fsp3) is 0.294. The maximum atomic E-state index is 13.1. The third-order valence-electron chi connectivity index (χ3n) is 3.84. The monoisotopic (exact) mass is 352 g/mol. The van der Waals surface area contributed by atoms with Crippen LogP contribution in [0.4, 0.5) is 11.4 Å². The Labute approximate surface area is 142 Å². The third-order valence-corrected chi connectivity index (χ3v) is 6.13. The van der Waals surface area contributed by atoms with Gasteiger partial charge < -0.3 is 10.6 Å². The first kappa shape index (κ1) is 17.6. The maximum Gasteiger partial charge on any atom is 0.208 e. The summed E-state index contributed by atoms with van der Waals surface area (Å²) in [6.45, 7) is 7.26. The Bertz CT molecular complexity index is 815. The summed E-state index contributed by atoms with van der Waals surface area (Å²) in [5.41, 5.74) is 7.45. The van der Waals surface area contributed by atoms with E-state index in [1.807, 2.05) is 30.9 Å². The molecule has 6 heteroatoms. The summed E-state index contributed by atoms with van der Waals surface area (Å²) in [7, 11) is -3.69. The Kier molecular flexibility index (Phi) is 5.22. The van der Waals surface area contributed by atoms with E-state index in [1.54, 1.807) is 13.0 Å². The van der Waals surface area contributed by atoms with Crippen LogP contribution in [0, 0.1) is 6.92 Å². The Morgan fingerprint density at radius 1 is 1.13 bits per heavy atom. The van der Waals surface area contributed by atoms with Crippen LogP contribution in [0.3, 0.4) is 0 Å². The van der Waals surface area contributed by atoms with Gasteiger partial charge in [-0.15, -0.1) is 0 Å². The van der Waals surface area contributed by atoms with E-state index in [0.29, 0.717) is 21.2 Å². The second-order valence-corrected chi connectivity index (χ2v) is 7.58. The SMILES string of the molecule is CCN(CC)c1cccc(C)c1S(=O)(=O)c1ccc(Cl)c(N)c1. The third kappa shape index (κ3) is 3.31. The highest BCUT2D eigenvalue weighted by Gasteiger charge is 2.25. The lowest BCUT2D eigenvalue weighted by molar-refractivity contribution is 0.595. The molecule has 4 nitrogen and oxygen atoms in total. The van der Waals surface area contributed by atoms with Gasteiger partial charge in [0, 0.05) is 13.1 Å². The molecule has 2 N–H and O–H groups in total. The summed E-state index contributed by atoms with van der Waals surface area (Å²) < 4.78 is 26.3. The normalized spacial score (nSPS) is 11.5. The van der Waals surface area contributed by atoms with Crippen molar-refractivity contribution in [2.45, 2.75) is 30.6 Å².